The summed E-state index contributed by atoms with van der Waals surface area (Å²) >= 11 is 0. The highest BCUT2D eigenvalue weighted by molar-refractivity contribution is 5.84. The lowest BCUT2D eigenvalue weighted by Gasteiger charge is -2.27. The molecule has 3 unspecified atom stereocenters. The molecule has 0 spiro atoms. The summed E-state index contributed by atoms with van der Waals surface area (Å²) in [6.07, 6.45) is 3.15. The minimum atomic E-state index is -0.303. The maximum absolute atomic E-state index is 11.4. The Balaban J connectivity index is 1.61. The number of fused-ring (bicyclic) bond motifs is 1. The molecule has 4 aromatic carbocycles. The van der Waals surface area contributed by atoms with E-state index in [9.17, 15) is 9.90 Å². The molecule has 0 amide bonds. The highest BCUT2D eigenvalue weighted by Gasteiger charge is 2.22. The Labute approximate surface area is 208 Å². The molecule has 0 aromatic heterocycles. The molecule has 0 radical (unpaired) electrons. The van der Waals surface area contributed by atoms with E-state index < -0.39 is 0 Å². The van der Waals surface area contributed by atoms with Gasteiger partial charge in [-0.3, -0.25) is 4.79 Å². The van der Waals surface area contributed by atoms with Crippen molar-refractivity contribution in [3.8, 4) is 11.5 Å². The number of benzene rings is 4. The molecule has 0 saturated heterocycles. The van der Waals surface area contributed by atoms with Gasteiger partial charge in [-0.25, -0.2) is 0 Å². The van der Waals surface area contributed by atoms with Crippen LogP contribution in [-0.2, 0) is 4.79 Å². The van der Waals surface area contributed by atoms with Gasteiger partial charge < -0.3 is 9.84 Å². The fourth-order valence-corrected chi connectivity index (χ4v) is 5.07. The van der Waals surface area contributed by atoms with Crippen molar-refractivity contribution in [3.63, 3.8) is 0 Å². The van der Waals surface area contributed by atoms with E-state index in [0.29, 0.717) is 29.3 Å². The summed E-state index contributed by atoms with van der Waals surface area (Å²) in [5, 5.41) is 12.0. The molecule has 0 aliphatic carbocycles. The quantitative estimate of drug-likeness (QED) is 0.199. The second-order valence-electron chi connectivity index (χ2n) is 9.54. The van der Waals surface area contributed by atoms with Gasteiger partial charge in [-0.05, 0) is 88.7 Å². The summed E-state index contributed by atoms with van der Waals surface area (Å²) in [7, 11) is 0. The summed E-state index contributed by atoms with van der Waals surface area (Å²) in [4.78, 5) is 11.4. The van der Waals surface area contributed by atoms with Crippen LogP contribution in [0.1, 0.15) is 74.5 Å². The zero-order chi connectivity index (χ0) is 24.8. The molecule has 35 heavy (non-hydrogen) atoms. The van der Waals surface area contributed by atoms with Crippen LogP contribution in [-0.4, -0.2) is 11.1 Å². The number of carbonyl (C=O) groups excluding carboxylic acids is 1. The van der Waals surface area contributed by atoms with Crippen molar-refractivity contribution < 1.29 is 14.6 Å². The second-order valence-corrected chi connectivity index (χ2v) is 9.54. The highest BCUT2D eigenvalue weighted by atomic mass is 16.5. The van der Waals surface area contributed by atoms with Crippen LogP contribution in [0.3, 0.4) is 0 Å². The molecule has 3 heteroatoms. The van der Waals surface area contributed by atoms with Crippen molar-refractivity contribution in [2.45, 2.75) is 57.8 Å². The standard InChI is InChI=1S/C32H34O3/c1-4-24(25-8-6-5-7-9-25)19-30(26-13-16-32(17-14-26)35-23(3)33)18-22(2)27-10-11-29-21-31(34)15-12-28(29)20-27/h5-17,20-22,24,30,34H,4,18-19H2,1-3H3. The van der Waals surface area contributed by atoms with Gasteiger partial charge in [-0.1, -0.05) is 80.6 Å². The van der Waals surface area contributed by atoms with Crippen LogP contribution in [0.4, 0.5) is 0 Å². The SMILES string of the molecule is CCC(CC(CC(C)c1ccc2cc(O)ccc2c1)c1ccc(OC(C)=O)cc1)c1ccccc1. The van der Waals surface area contributed by atoms with Crippen LogP contribution < -0.4 is 4.74 Å². The largest absolute Gasteiger partial charge is 0.508 e. The molecule has 4 rings (SSSR count). The smallest absolute Gasteiger partial charge is 0.308 e. The Hall–Kier alpha value is -3.59. The van der Waals surface area contributed by atoms with Gasteiger partial charge in [0.25, 0.3) is 0 Å². The topological polar surface area (TPSA) is 46.5 Å². The first-order valence-electron chi connectivity index (χ1n) is 12.5. The molecule has 0 aliphatic heterocycles. The molecule has 3 nitrogen and oxygen atoms in total. The molecule has 0 fully saturated rings. The van der Waals surface area contributed by atoms with Gasteiger partial charge in [-0.2, -0.15) is 0 Å². The average molecular weight is 467 g/mol. The normalized spacial score (nSPS) is 13.8. The van der Waals surface area contributed by atoms with Crippen molar-refractivity contribution in [1.82, 2.24) is 0 Å². The number of ether oxygens (including phenoxy) is 1. The van der Waals surface area contributed by atoms with Gasteiger partial charge in [0.15, 0.2) is 0 Å². The van der Waals surface area contributed by atoms with Gasteiger partial charge in [0.05, 0.1) is 0 Å². The Morgan fingerprint density at radius 3 is 2.09 bits per heavy atom. The molecule has 0 bridgehead atoms. The van der Waals surface area contributed by atoms with E-state index in [2.05, 4.69) is 74.5 Å². The number of carbonyl (C=O) groups is 1. The van der Waals surface area contributed by atoms with Crippen LogP contribution in [0, 0.1) is 0 Å². The molecule has 0 heterocycles. The maximum atomic E-state index is 11.4. The lowest BCUT2D eigenvalue weighted by molar-refractivity contribution is -0.131. The van der Waals surface area contributed by atoms with Crippen molar-refractivity contribution in [2.75, 3.05) is 0 Å². The van der Waals surface area contributed by atoms with Crippen molar-refractivity contribution in [2.24, 2.45) is 0 Å². The van der Waals surface area contributed by atoms with E-state index in [0.717, 1.165) is 30.0 Å². The van der Waals surface area contributed by atoms with E-state index in [-0.39, 0.29) is 5.97 Å². The predicted molar refractivity (Wildman–Crippen MR) is 143 cm³/mol. The van der Waals surface area contributed by atoms with Gasteiger partial charge in [0, 0.05) is 6.92 Å². The maximum Gasteiger partial charge on any atom is 0.308 e. The zero-order valence-electron chi connectivity index (χ0n) is 20.8. The van der Waals surface area contributed by atoms with Gasteiger partial charge in [0.2, 0.25) is 0 Å². The van der Waals surface area contributed by atoms with Crippen LogP contribution >= 0.6 is 0 Å². The lowest BCUT2D eigenvalue weighted by Crippen LogP contribution is -2.10. The second kappa shape index (κ2) is 11.2. The van der Waals surface area contributed by atoms with E-state index in [1.54, 1.807) is 6.07 Å². The summed E-state index contributed by atoms with van der Waals surface area (Å²) in [6, 6.07) is 30.9. The first-order chi connectivity index (χ1) is 16.9. The Morgan fingerprint density at radius 1 is 0.771 bits per heavy atom. The number of phenolic OH excluding ortho intramolecular Hbond substituents is 1. The fraction of sp³-hybridized carbons (Fsp3) is 0.281. The van der Waals surface area contributed by atoms with E-state index in [4.69, 9.17) is 4.74 Å². The Bertz CT molecular complexity index is 1260. The molecular formula is C32H34O3. The third kappa shape index (κ3) is 6.30. The van der Waals surface area contributed by atoms with E-state index in [1.165, 1.54) is 23.6 Å². The summed E-state index contributed by atoms with van der Waals surface area (Å²) in [6.45, 7) is 5.99. The average Bonchev–Trinajstić information content (AvgIpc) is 2.86. The monoisotopic (exact) mass is 466 g/mol. The van der Waals surface area contributed by atoms with Crippen LogP contribution in [0.15, 0.2) is 91.0 Å². The summed E-state index contributed by atoms with van der Waals surface area (Å²) in [5.41, 5.74) is 3.96. The predicted octanol–water partition coefficient (Wildman–Crippen LogP) is 8.33. The number of aromatic hydroxyl groups is 1. The van der Waals surface area contributed by atoms with E-state index >= 15 is 0 Å². The molecule has 0 aliphatic rings. The van der Waals surface area contributed by atoms with E-state index in [1.807, 2.05) is 24.3 Å². The molecule has 0 saturated carbocycles. The van der Waals surface area contributed by atoms with Crippen LogP contribution in [0.25, 0.3) is 10.8 Å². The molecule has 4 aromatic rings. The van der Waals surface area contributed by atoms with Crippen molar-refractivity contribution in [3.05, 3.63) is 108 Å². The van der Waals surface area contributed by atoms with Gasteiger partial charge in [-0.15, -0.1) is 0 Å². The van der Waals surface area contributed by atoms with Crippen molar-refractivity contribution >= 4 is 16.7 Å². The summed E-state index contributed by atoms with van der Waals surface area (Å²) in [5.74, 6) is 1.77. The van der Waals surface area contributed by atoms with Gasteiger partial charge >= 0.3 is 5.97 Å². The van der Waals surface area contributed by atoms with Crippen LogP contribution in [0.5, 0.6) is 11.5 Å². The molecular weight excluding hydrogens is 432 g/mol. The third-order valence-corrected chi connectivity index (χ3v) is 7.00. The van der Waals surface area contributed by atoms with Crippen molar-refractivity contribution in [1.29, 1.82) is 0 Å². The number of esters is 1. The number of hydrogen-bond acceptors (Lipinski definition) is 3. The van der Waals surface area contributed by atoms with Gasteiger partial charge in [0.1, 0.15) is 11.5 Å². The molecule has 3 atom stereocenters. The number of hydrogen-bond donors (Lipinski definition) is 1. The van der Waals surface area contributed by atoms with Crippen LogP contribution in [0.2, 0.25) is 0 Å². The minimum absolute atomic E-state index is 0.294. The lowest BCUT2D eigenvalue weighted by atomic mass is 9.78. The molecule has 1 N–H and O–H groups in total. The Morgan fingerprint density at radius 2 is 1.40 bits per heavy atom. The first-order valence-corrected chi connectivity index (χ1v) is 12.5. The third-order valence-electron chi connectivity index (χ3n) is 7.00. The highest BCUT2D eigenvalue weighted by Crippen LogP contribution is 2.39. The number of phenols is 1. The zero-order valence-corrected chi connectivity index (χ0v) is 20.8. The number of rotatable bonds is 9. The minimum Gasteiger partial charge on any atom is -0.508 e. The Kier molecular flexibility index (Phi) is 7.87. The fourth-order valence-electron chi connectivity index (χ4n) is 5.07. The molecule has 180 valence electrons. The first kappa shape index (κ1) is 24.5. The summed E-state index contributed by atoms with van der Waals surface area (Å²) < 4.78 is 5.26.